The Labute approximate surface area is 186 Å². The Morgan fingerprint density at radius 1 is 0.600 bits per heavy atom. The molecule has 0 aliphatic heterocycles. The monoisotopic (exact) mass is 420 g/mol. The summed E-state index contributed by atoms with van der Waals surface area (Å²) in [5, 5.41) is 7.63. The predicted octanol–water partition coefficient (Wildman–Crippen LogP) is 8.73. The first-order valence-electron chi connectivity index (χ1n) is 10.5. The number of hydrogen-bond donors (Lipinski definition) is 2. The first kappa shape index (κ1) is 22.2. The Morgan fingerprint density at radius 2 is 0.933 bits per heavy atom. The van der Waals surface area contributed by atoms with Crippen molar-refractivity contribution in [3.8, 4) is 0 Å². The van der Waals surface area contributed by atoms with Crippen molar-refractivity contribution in [1.82, 2.24) is 0 Å². The molecule has 0 bridgehead atoms. The van der Waals surface area contributed by atoms with E-state index in [0.717, 1.165) is 28.3 Å². The van der Waals surface area contributed by atoms with Crippen molar-refractivity contribution in [2.45, 2.75) is 59.3 Å². The molecule has 0 heterocycles. The lowest BCUT2D eigenvalue weighted by molar-refractivity contribution is 0.590. The molecule has 0 atom stereocenters. The molecule has 0 saturated carbocycles. The van der Waals surface area contributed by atoms with Crippen LogP contribution in [-0.2, 0) is 10.8 Å². The zero-order chi connectivity index (χ0) is 22.1. The van der Waals surface area contributed by atoms with E-state index in [2.05, 4.69) is 120 Å². The van der Waals surface area contributed by atoms with E-state index in [0.29, 0.717) is 5.02 Å². The topological polar surface area (TPSA) is 24.1 Å². The normalized spacial score (nSPS) is 12.0. The van der Waals surface area contributed by atoms with Crippen molar-refractivity contribution < 1.29 is 0 Å². The Morgan fingerprint density at radius 3 is 1.23 bits per heavy atom. The molecule has 158 valence electrons. The fraction of sp³-hybridized carbons (Fsp3) is 0.333. The zero-order valence-corrected chi connectivity index (χ0v) is 19.9. The molecule has 0 fully saturated rings. The lowest BCUT2D eigenvalue weighted by Gasteiger charge is -2.20. The van der Waals surface area contributed by atoms with E-state index >= 15 is 0 Å². The maximum atomic E-state index is 6.76. The number of anilines is 4. The van der Waals surface area contributed by atoms with Gasteiger partial charge in [-0.2, -0.15) is 0 Å². The molecule has 0 aliphatic carbocycles. The molecule has 0 amide bonds. The summed E-state index contributed by atoms with van der Waals surface area (Å²) in [6, 6.07) is 21.3. The Hall–Kier alpha value is -2.45. The summed E-state index contributed by atoms with van der Waals surface area (Å²) < 4.78 is 0. The number of rotatable bonds is 4. The van der Waals surface area contributed by atoms with Crippen molar-refractivity contribution in [3.05, 3.63) is 82.4 Å². The number of nitrogens with one attached hydrogen (secondary N) is 2. The highest BCUT2D eigenvalue weighted by molar-refractivity contribution is 6.36. The molecule has 0 spiro atoms. The first-order chi connectivity index (χ1) is 13.9. The van der Waals surface area contributed by atoms with Gasteiger partial charge in [-0.1, -0.05) is 77.4 Å². The van der Waals surface area contributed by atoms with Gasteiger partial charge in [0.25, 0.3) is 0 Å². The van der Waals surface area contributed by atoms with Gasteiger partial charge < -0.3 is 10.6 Å². The van der Waals surface area contributed by atoms with Crippen LogP contribution in [0.2, 0.25) is 5.02 Å². The van der Waals surface area contributed by atoms with E-state index < -0.39 is 0 Å². The summed E-state index contributed by atoms with van der Waals surface area (Å²) >= 11 is 6.76. The van der Waals surface area contributed by atoms with Gasteiger partial charge in [0.2, 0.25) is 0 Å². The van der Waals surface area contributed by atoms with Crippen LogP contribution in [0.4, 0.5) is 22.7 Å². The van der Waals surface area contributed by atoms with Crippen LogP contribution in [0.1, 0.15) is 58.2 Å². The van der Waals surface area contributed by atoms with Crippen LogP contribution in [0.5, 0.6) is 0 Å². The van der Waals surface area contributed by atoms with Gasteiger partial charge in [-0.25, -0.2) is 0 Å². The molecule has 0 aliphatic rings. The average molecular weight is 421 g/mol. The maximum Gasteiger partial charge on any atom is 0.0875 e. The third-order valence-electron chi connectivity index (χ3n) is 5.28. The van der Waals surface area contributed by atoms with Crippen LogP contribution in [0.25, 0.3) is 0 Å². The van der Waals surface area contributed by atoms with Crippen molar-refractivity contribution in [3.63, 3.8) is 0 Å². The van der Waals surface area contributed by atoms with Crippen LogP contribution in [0.15, 0.2) is 60.7 Å². The molecule has 3 aromatic carbocycles. The molecule has 3 heteroatoms. The minimum absolute atomic E-state index is 0.138. The van der Waals surface area contributed by atoms with Crippen LogP contribution in [-0.4, -0.2) is 0 Å². The largest absolute Gasteiger partial charge is 0.354 e. The third kappa shape index (κ3) is 5.37. The summed E-state index contributed by atoms with van der Waals surface area (Å²) in [5.41, 5.74) is 7.88. The van der Waals surface area contributed by atoms with E-state index in [4.69, 9.17) is 11.6 Å². The average Bonchev–Trinajstić information content (AvgIpc) is 2.65. The number of benzene rings is 3. The number of hydrogen-bond acceptors (Lipinski definition) is 2. The van der Waals surface area contributed by atoms with E-state index in [-0.39, 0.29) is 10.8 Å². The maximum absolute atomic E-state index is 6.76. The van der Waals surface area contributed by atoms with Crippen LogP contribution in [0, 0.1) is 6.92 Å². The van der Waals surface area contributed by atoms with E-state index in [9.17, 15) is 0 Å². The van der Waals surface area contributed by atoms with Crippen LogP contribution < -0.4 is 10.6 Å². The second kappa shape index (κ2) is 8.35. The highest BCUT2D eigenvalue weighted by Crippen LogP contribution is 2.36. The van der Waals surface area contributed by atoms with Crippen LogP contribution >= 0.6 is 11.6 Å². The summed E-state index contributed by atoms with van der Waals surface area (Å²) in [4.78, 5) is 0. The summed E-state index contributed by atoms with van der Waals surface area (Å²) in [5.74, 6) is 0. The summed E-state index contributed by atoms with van der Waals surface area (Å²) in [6.07, 6.45) is 0. The van der Waals surface area contributed by atoms with Gasteiger partial charge >= 0.3 is 0 Å². The van der Waals surface area contributed by atoms with E-state index in [1.807, 2.05) is 0 Å². The van der Waals surface area contributed by atoms with Gasteiger partial charge in [-0.15, -0.1) is 0 Å². The second-order valence-corrected chi connectivity index (χ2v) is 10.5. The zero-order valence-electron chi connectivity index (χ0n) is 19.2. The van der Waals surface area contributed by atoms with Gasteiger partial charge in [-0.3, -0.25) is 0 Å². The van der Waals surface area contributed by atoms with Gasteiger partial charge in [0.05, 0.1) is 16.4 Å². The highest BCUT2D eigenvalue weighted by Gasteiger charge is 2.15. The minimum atomic E-state index is 0.138. The summed E-state index contributed by atoms with van der Waals surface area (Å²) in [7, 11) is 0. The van der Waals surface area contributed by atoms with Gasteiger partial charge in [0.15, 0.2) is 0 Å². The molecule has 3 aromatic rings. The molecule has 0 saturated heterocycles. The fourth-order valence-electron chi connectivity index (χ4n) is 3.37. The van der Waals surface area contributed by atoms with Crippen molar-refractivity contribution in [1.29, 1.82) is 0 Å². The lowest BCUT2D eigenvalue weighted by atomic mass is 9.87. The molecule has 3 rings (SSSR count). The van der Waals surface area contributed by atoms with Gasteiger partial charge in [0, 0.05) is 11.4 Å². The molecule has 2 N–H and O–H groups in total. The fourth-order valence-corrected chi connectivity index (χ4v) is 3.57. The standard InChI is InChI=1S/C27H33ClN2/c1-18-16-23(29-21-12-8-19(9-13-21)26(2,3)4)25(28)24(17-18)30-22-14-10-20(11-15-22)27(5,6)7/h8-17,29-30H,1-7H3. The van der Waals surface area contributed by atoms with E-state index in [1.165, 1.54) is 11.1 Å². The highest BCUT2D eigenvalue weighted by atomic mass is 35.5. The Kier molecular flexibility index (Phi) is 6.19. The first-order valence-corrected chi connectivity index (χ1v) is 10.9. The van der Waals surface area contributed by atoms with Crippen LogP contribution in [0.3, 0.4) is 0 Å². The van der Waals surface area contributed by atoms with E-state index in [1.54, 1.807) is 0 Å². The van der Waals surface area contributed by atoms with Crippen molar-refractivity contribution in [2.24, 2.45) is 0 Å². The number of aryl methyl sites for hydroxylation is 1. The Balaban J connectivity index is 1.83. The Bertz CT molecular complexity index is 924. The molecule has 0 radical (unpaired) electrons. The molecule has 2 nitrogen and oxygen atoms in total. The molecule has 30 heavy (non-hydrogen) atoms. The smallest absolute Gasteiger partial charge is 0.0875 e. The predicted molar refractivity (Wildman–Crippen MR) is 133 cm³/mol. The quantitative estimate of drug-likeness (QED) is 0.440. The molecular formula is C27H33ClN2. The molecular weight excluding hydrogens is 388 g/mol. The SMILES string of the molecule is Cc1cc(Nc2ccc(C(C)(C)C)cc2)c(Cl)c(Nc2ccc(C(C)(C)C)cc2)c1. The van der Waals surface area contributed by atoms with Crippen molar-refractivity contribution >= 4 is 34.4 Å². The second-order valence-electron chi connectivity index (χ2n) is 10.1. The van der Waals surface area contributed by atoms with Gasteiger partial charge in [0.1, 0.15) is 0 Å². The number of halogens is 1. The summed E-state index contributed by atoms with van der Waals surface area (Å²) in [6.45, 7) is 15.4. The molecule has 0 unspecified atom stereocenters. The van der Waals surface area contributed by atoms with Crippen molar-refractivity contribution in [2.75, 3.05) is 10.6 Å². The lowest BCUT2D eigenvalue weighted by Crippen LogP contribution is -2.10. The molecule has 0 aromatic heterocycles. The minimum Gasteiger partial charge on any atom is -0.354 e. The third-order valence-corrected chi connectivity index (χ3v) is 5.68. The van der Waals surface area contributed by atoms with Gasteiger partial charge in [-0.05, 0) is 70.8 Å².